The van der Waals surface area contributed by atoms with Crippen molar-refractivity contribution in [3.05, 3.63) is 41.1 Å². The van der Waals surface area contributed by atoms with Gasteiger partial charge < -0.3 is 15.2 Å². The van der Waals surface area contributed by atoms with Crippen molar-refractivity contribution in [3.63, 3.8) is 0 Å². The van der Waals surface area contributed by atoms with Crippen LogP contribution in [0.5, 0.6) is 0 Å². The summed E-state index contributed by atoms with van der Waals surface area (Å²) in [6.45, 7) is 6.38. The first-order chi connectivity index (χ1) is 14.1. The first-order valence-corrected chi connectivity index (χ1v) is 11.2. The summed E-state index contributed by atoms with van der Waals surface area (Å²) in [6.07, 6.45) is 7.38. The number of benzene rings is 1. The smallest absolute Gasteiger partial charge is 0.317 e. The molecule has 2 N–H and O–H groups in total. The van der Waals surface area contributed by atoms with Crippen LogP contribution in [0.1, 0.15) is 55.8 Å². The van der Waals surface area contributed by atoms with E-state index in [1.165, 1.54) is 47.0 Å². The maximum absolute atomic E-state index is 12.6. The fourth-order valence-electron chi connectivity index (χ4n) is 5.47. The number of hydrogen-bond acceptors (Lipinski definition) is 2. The van der Waals surface area contributed by atoms with Crippen molar-refractivity contribution in [1.82, 2.24) is 20.1 Å². The Morgan fingerprint density at radius 2 is 2.07 bits per heavy atom. The number of rotatable bonds is 4. The summed E-state index contributed by atoms with van der Waals surface area (Å²) in [4.78, 5) is 20.7. The van der Waals surface area contributed by atoms with Crippen LogP contribution in [0, 0.1) is 0 Å². The molecule has 2 atom stereocenters. The number of nitrogens with one attached hydrogen (secondary N) is 2. The van der Waals surface area contributed by atoms with E-state index in [1.807, 2.05) is 18.7 Å². The molecule has 0 bridgehead atoms. The molecule has 2 amide bonds. The number of urea groups is 1. The van der Waals surface area contributed by atoms with Gasteiger partial charge in [-0.2, -0.15) is 0 Å². The van der Waals surface area contributed by atoms with E-state index < -0.39 is 0 Å². The van der Waals surface area contributed by atoms with Crippen molar-refractivity contribution in [2.75, 3.05) is 26.7 Å². The monoisotopic (exact) mass is 392 g/mol. The summed E-state index contributed by atoms with van der Waals surface area (Å²) in [6, 6.07) is 7.13. The number of aromatic nitrogens is 1. The van der Waals surface area contributed by atoms with Gasteiger partial charge in [0, 0.05) is 42.3 Å². The zero-order valence-corrected chi connectivity index (χ0v) is 17.8. The van der Waals surface area contributed by atoms with Crippen LogP contribution in [0.3, 0.4) is 0 Å². The van der Waals surface area contributed by atoms with Crippen LogP contribution >= 0.6 is 0 Å². The molecular formula is C24H32N4O. The van der Waals surface area contributed by atoms with Gasteiger partial charge in [-0.25, -0.2) is 4.79 Å². The van der Waals surface area contributed by atoms with Crippen molar-refractivity contribution in [2.45, 2.75) is 57.5 Å². The van der Waals surface area contributed by atoms with Gasteiger partial charge in [0.1, 0.15) is 0 Å². The number of H-pyrrole nitrogens is 1. The summed E-state index contributed by atoms with van der Waals surface area (Å²) < 4.78 is 0. The van der Waals surface area contributed by atoms with E-state index in [0.717, 1.165) is 26.1 Å². The molecule has 0 saturated heterocycles. The third-order valence-corrected chi connectivity index (χ3v) is 7.30. The van der Waals surface area contributed by atoms with Gasteiger partial charge in [-0.15, -0.1) is 0 Å². The lowest BCUT2D eigenvalue weighted by atomic mass is 9.76. The standard InChI is InChI=1S/C24H32N4O/c1-4-28(5-2)24(29)25-16-12-18-17-10-7-11-20-22(17)19(13-21(18)27(3)14-16)23(26-20)15-8-6-9-15/h7,10-12,15-16,21,26H,4-6,8-9,13-14H2,1-3H3,(H,25,29). The van der Waals surface area contributed by atoms with Gasteiger partial charge in [0.25, 0.3) is 0 Å². The molecule has 5 rings (SSSR count). The number of likely N-dealkylation sites (N-methyl/N-ethyl adjacent to an activating group) is 1. The number of carbonyl (C=O) groups is 1. The SMILES string of the molecule is CCN(CC)C(=O)NC1C=C2c3cccc4[nH]c(C5CCC5)c(c34)CC2N(C)C1. The number of amides is 2. The minimum atomic E-state index is 0.0346. The second-order valence-electron chi connectivity index (χ2n) is 8.88. The van der Waals surface area contributed by atoms with E-state index in [1.54, 1.807) is 5.56 Å². The average Bonchev–Trinajstić information content (AvgIpc) is 3.02. The van der Waals surface area contributed by atoms with Gasteiger partial charge in [-0.3, -0.25) is 4.90 Å². The Morgan fingerprint density at radius 3 is 2.76 bits per heavy atom. The second kappa shape index (κ2) is 7.21. The van der Waals surface area contributed by atoms with Crippen LogP contribution in [0.15, 0.2) is 24.3 Å². The summed E-state index contributed by atoms with van der Waals surface area (Å²) in [5.74, 6) is 0.714. The largest absolute Gasteiger partial charge is 0.358 e. The summed E-state index contributed by atoms with van der Waals surface area (Å²) >= 11 is 0. The molecule has 154 valence electrons. The van der Waals surface area contributed by atoms with E-state index in [0.29, 0.717) is 12.0 Å². The van der Waals surface area contributed by atoms with Crippen LogP contribution in [0.2, 0.25) is 0 Å². The average molecular weight is 393 g/mol. The Labute approximate surface area is 173 Å². The molecule has 1 aliphatic heterocycles. The van der Waals surface area contributed by atoms with Crippen LogP contribution in [0.4, 0.5) is 4.79 Å². The zero-order valence-electron chi connectivity index (χ0n) is 17.8. The first-order valence-electron chi connectivity index (χ1n) is 11.2. The van der Waals surface area contributed by atoms with Gasteiger partial charge in [-0.1, -0.05) is 24.6 Å². The third kappa shape index (κ3) is 2.98. The topological polar surface area (TPSA) is 51.4 Å². The molecule has 1 saturated carbocycles. The van der Waals surface area contributed by atoms with Crippen LogP contribution < -0.4 is 5.32 Å². The van der Waals surface area contributed by atoms with Crippen LogP contribution in [-0.2, 0) is 6.42 Å². The Kier molecular flexibility index (Phi) is 4.66. The Bertz CT molecular complexity index is 967. The molecule has 1 aromatic carbocycles. The normalized spacial score (nSPS) is 24.0. The molecule has 1 aromatic heterocycles. The van der Waals surface area contributed by atoms with Gasteiger partial charge in [0.05, 0.1) is 6.04 Å². The van der Waals surface area contributed by atoms with Crippen molar-refractivity contribution in [1.29, 1.82) is 0 Å². The molecule has 0 radical (unpaired) electrons. The highest BCUT2D eigenvalue weighted by Gasteiger charge is 2.37. The highest BCUT2D eigenvalue weighted by molar-refractivity contribution is 5.99. The predicted molar refractivity (Wildman–Crippen MR) is 118 cm³/mol. The molecule has 2 heterocycles. The maximum Gasteiger partial charge on any atom is 0.317 e. The van der Waals surface area contributed by atoms with Gasteiger partial charge in [0.15, 0.2) is 0 Å². The molecule has 5 nitrogen and oxygen atoms in total. The molecule has 2 aromatic rings. The highest BCUT2D eigenvalue weighted by Crippen LogP contribution is 2.46. The van der Waals surface area contributed by atoms with Crippen molar-refractivity contribution in [2.24, 2.45) is 0 Å². The fourth-order valence-corrected chi connectivity index (χ4v) is 5.47. The number of aromatic amines is 1. The van der Waals surface area contributed by atoms with Crippen molar-refractivity contribution < 1.29 is 4.79 Å². The molecule has 1 fully saturated rings. The summed E-state index contributed by atoms with van der Waals surface area (Å²) in [5.41, 5.74) is 7.03. The minimum Gasteiger partial charge on any atom is -0.358 e. The molecule has 3 aliphatic rings. The lowest BCUT2D eigenvalue weighted by molar-refractivity contribution is 0.193. The van der Waals surface area contributed by atoms with E-state index in [2.05, 4.69) is 46.5 Å². The first kappa shape index (κ1) is 18.7. The second-order valence-corrected chi connectivity index (χ2v) is 8.88. The number of carbonyl (C=O) groups excluding carboxylic acids is 1. The van der Waals surface area contributed by atoms with E-state index in [-0.39, 0.29) is 12.1 Å². The molecule has 5 heteroatoms. The molecule has 2 aliphatic carbocycles. The lowest BCUT2D eigenvalue weighted by Crippen LogP contribution is -2.52. The molecular weight excluding hydrogens is 360 g/mol. The summed E-state index contributed by atoms with van der Waals surface area (Å²) in [7, 11) is 2.20. The fraction of sp³-hybridized carbons (Fsp3) is 0.542. The lowest BCUT2D eigenvalue weighted by Gasteiger charge is -2.41. The molecule has 2 unspecified atom stereocenters. The number of nitrogens with zero attached hydrogens (tertiary/aromatic N) is 2. The quantitative estimate of drug-likeness (QED) is 0.823. The van der Waals surface area contributed by atoms with Gasteiger partial charge in [-0.05, 0) is 68.8 Å². The molecule has 0 spiro atoms. The third-order valence-electron chi connectivity index (χ3n) is 7.30. The Balaban J connectivity index is 1.53. The highest BCUT2D eigenvalue weighted by atomic mass is 16.2. The van der Waals surface area contributed by atoms with Gasteiger partial charge in [0.2, 0.25) is 0 Å². The van der Waals surface area contributed by atoms with E-state index in [4.69, 9.17) is 0 Å². The summed E-state index contributed by atoms with van der Waals surface area (Å²) in [5, 5.41) is 4.66. The van der Waals surface area contributed by atoms with Crippen LogP contribution in [-0.4, -0.2) is 59.6 Å². The Hall–Kier alpha value is -2.27. The van der Waals surface area contributed by atoms with E-state index >= 15 is 0 Å². The molecule has 29 heavy (non-hydrogen) atoms. The zero-order chi connectivity index (χ0) is 20.1. The van der Waals surface area contributed by atoms with Crippen LogP contribution in [0.25, 0.3) is 16.5 Å². The number of hydrogen-bond donors (Lipinski definition) is 2. The van der Waals surface area contributed by atoms with Gasteiger partial charge >= 0.3 is 6.03 Å². The van der Waals surface area contributed by atoms with E-state index in [9.17, 15) is 4.79 Å². The predicted octanol–water partition coefficient (Wildman–Crippen LogP) is 4.11. The maximum atomic E-state index is 12.6. The van der Waals surface area contributed by atoms with Crippen molar-refractivity contribution in [3.8, 4) is 0 Å². The number of fused-ring (bicyclic) bond motifs is 2. The van der Waals surface area contributed by atoms with Crippen molar-refractivity contribution >= 4 is 22.5 Å². The Morgan fingerprint density at radius 1 is 1.28 bits per heavy atom. The minimum absolute atomic E-state index is 0.0346.